The Morgan fingerprint density at radius 3 is 2.59 bits per heavy atom. The van der Waals surface area contributed by atoms with Gasteiger partial charge in [0.25, 0.3) is 0 Å². The Bertz CT molecular complexity index is 642. The first-order valence-electron chi connectivity index (χ1n) is 9.06. The average molecular weight is 317 g/mol. The second kappa shape index (κ2) is 6.29. The van der Waals surface area contributed by atoms with E-state index in [1.807, 2.05) is 16.2 Å². The summed E-state index contributed by atoms with van der Waals surface area (Å²) in [6.45, 7) is 2.82. The summed E-state index contributed by atoms with van der Waals surface area (Å²) in [5, 5.41) is 1.63. The molecule has 2 aromatic rings. The number of benzene rings is 1. The molecule has 1 aliphatic carbocycles. The molecule has 1 N–H and O–H groups in total. The monoisotopic (exact) mass is 316 g/mol. The highest BCUT2D eigenvalue weighted by molar-refractivity contribution is 7.18. The molecule has 2 atom stereocenters. The maximum atomic E-state index is 2.49. The van der Waals surface area contributed by atoms with Gasteiger partial charge in [0.05, 0.1) is 13.1 Å². The normalized spacial score (nSPS) is 27.3. The number of hydrogen-bond acceptors (Lipinski definition) is 1. The Balaban J connectivity index is 1.69. The van der Waals surface area contributed by atoms with Crippen LogP contribution in [0.15, 0.2) is 24.3 Å². The van der Waals surface area contributed by atoms with E-state index >= 15 is 0 Å². The number of thiazole rings is 1. The fourth-order valence-corrected chi connectivity index (χ4v) is 6.09. The molecule has 0 spiro atoms. The number of aromatic nitrogens is 1. The Kier molecular flexibility index (Phi) is 4.19. The van der Waals surface area contributed by atoms with Crippen LogP contribution in [-0.4, -0.2) is 19.1 Å². The number of piperidine rings is 1. The van der Waals surface area contributed by atoms with Gasteiger partial charge in [-0.2, -0.15) is 4.57 Å². The number of para-hydroxylation sites is 1. The van der Waals surface area contributed by atoms with Gasteiger partial charge in [0.15, 0.2) is 0 Å². The minimum atomic E-state index is 0.782. The molecule has 1 aromatic heterocycles. The standard InChI is InChI=1S/C19H27N2S/c1-20-17-11-5-6-12-18(17)22-19(20)15-9-3-4-10-16(15)21-13-7-2-8-14-21/h5-6,11-12,15-16H,2-4,7-10,13-14H2,1H3/q+1/p+1. The van der Waals surface area contributed by atoms with Crippen LogP contribution in [0.4, 0.5) is 0 Å². The van der Waals surface area contributed by atoms with Gasteiger partial charge in [-0.25, -0.2) is 0 Å². The lowest BCUT2D eigenvalue weighted by molar-refractivity contribution is -0.933. The first-order chi connectivity index (χ1) is 10.8. The zero-order chi connectivity index (χ0) is 14.9. The highest BCUT2D eigenvalue weighted by Crippen LogP contribution is 2.35. The molecule has 4 rings (SSSR count). The van der Waals surface area contributed by atoms with Gasteiger partial charge >= 0.3 is 0 Å². The summed E-state index contributed by atoms with van der Waals surface area (Å²) in [6, 6.07) is 9.79. The van der Waals surface area contributed by atoms with Crippen molar-refractivity contribution >= 4 is 21.6 Å². The molecule has 2 heterocycles. The zero-order valence-corrected chi connectivity index (χ0v) is 14.5. The molecule has 0 amide bonds. The molecule has 0 bridgehead atoms. The zero-order valence-electron chi connectivity index (χ0n) is 13.7. The Morgan fingerprint density at radius 1 is 1.00 bits per heavy atom. The fourth-order valence-electron chi connectivity index (χ4n) is 4.74. The topological polar surface area (TPSA) is 8.32 Å². The third-order valence-corrected chi connectivity index (χ3v) is 7.23. The summed E-state index contributed by atoms with van der Waals surface area (Å²) >= 11 is 2.05. The van der Waals surface area contributed by atoms with Crippen LogP contribution in [0.5, 0.6) is 0 Å². The van der Waals surface area contributed by atoms with E-state index in [1.165, 1.54) is 68.3 Å². The van der Waals surface area contributed by atoms with Crippen molar-refractivity contribution in [1.29, 1.82) is 0 Å². The first kappa shape index (κ1) is 14.6. The van der Waals surface area contributed by atoms with Gasteiger partial charge in [0.1, 0.15) is 23.7 Å². The van der Waals surface area contributed by atoms with Crippen LogP contribution in [0, 0.1) is 0 Å². The number of quaternary nitrogens is 1. The quantitative estimate of drug-likeness (QED) is 0.816. The lowest BCUT2D eigenvalue weighted by atomic mass is 9.83. The minimum absolute atomic E-state index is 0.782. The van der Waals surface area contributed by atoms with E-state index in [-0.39, 0.29) is 0 Å². The molecular weight excluding hydrogens is 288 g/mol. The lowest BCUT2D eigenvalue weighted by Crippen LogP contribution is -3.17. The highest BCUT2D eigenvalue weighted by atomic mass is 32.1. The number of fused-ring (bicyclic) bond motifs is 1. The first-order valence-corrected chi connectivity index (χ1v) is 9.88. The Morgan fingerprint density at radius 2 is 1.77 bits per heavy atom. The molecule has 22 heavy (non-hydrogen) atoms. The second-order valence-corrected chi connectivity index (χ2v) is 8.25. The molecular formula is C19H28N2S+2. The van der Waals surface area contributed by atoms with Crippen molar-refractivity contribution in [1.82, 2.24) is 0 Å². The average Bonchev–Trinajstić information content (AvgIpc) is 2.93. The van der Waals surface area contributed by atoms with Gasteiger partial charge in [-0.15, -0.1) is 0 Å². The molecule has 2 unspecified atom stereocenters. The number of nitrogens with zero attached hydrogens (tertiary/aromatic N) is 1. The van der Waals surface area contributed by atoms with Crippen molar-refractivity contribution in [2.45, 2.75) is 56.9 Å². The maximum Gasteiger partial charge on any atom is 0.247 e. The SMILES string of the molecule is C[n+]1c(C2CCCCC2[NH+]2CCCCC2)sc2ccccc21. The smallest absolute Gasteiger partial charge is 0.247 e. The van der Waals surface area contributed by atoms with Crippen LogP contribution in [0.1, 0.15) is 55.9 Å². The van der Waals surface area contributed by atoms with E-state index in [0.29, 0.717) is 0 Å². The van der Waals surface area contributed by atoms with Crippen LogP contribution in [0.25, 0.3) is 10.2 Å². The Labute approximate surface area is 137 Å². The van der Waals surface area contributed by atoms with E-state index in [1.54, 1.807) is 5.01 Å². The molecule has 118 valence electrons. The van der Waals surface area contributed by atoms with Crippen LogP contribution in [0.2, 0.25) is 0 Å². The molecule has 2 fully saturated rings. The largest absolute Gasteiger partial charge is 0.332 e. The number of hydrogen-bond donors (Lipinski definition) is 1. The summed E-state index contributed by atoms with van der Waals surface area (Å²) in [7, 11) is 2.28. The number of likely N-dealkylation sites (tertiary alicyclic amines) is 1. The molecule has 3 heteroatoms. The van der Waals surface area contributed by atoms with Crippen molar-refractivity contribution in [3.05, 3.63) is 29.3 Å². The molecule has 1 saturated carbocycles. The number of nitrogens with one attached hydrogen (secondary N) is 1. The predicted octanol–water partition coefficient (Wildman–Crippen LogP) is 2.82. The van der Waals surface area contributed by atoms with Crippen molar-refractivity contribution in [3.8, 4) is 0 Å². The van der Waals surface area contributed by atoms with Crippen molar-refractivity contribution in [2.24, 2.45) is 7.05 Å². The van der Waals surface area contributed by atoms with Crippen molar-refractivity contribution in [2.75, 3.05) is 13.1 Å². The molecule has 1 saturated heterocycles. The van der Waals surface area contributed by atoms with Crippen molar-refractivity contribution in [3.63, 3.8) is 0 Å². The van der Waals surface area contributed by atoms with Crippen LogP contribution < -0.4 is 9.47 Å². The van der Waals surface area contributed by atoms with Gasteiger partial charge in [0, 0.05) is 12.5 Å². The van der Waals surface area contributed by atoms with Crippen molar-refractivity contribution < 1.29 is 9.47 Å². The van der Waals surface area contributed by atoms with Gasteiger partial charge in [0.2, 0.25) is 10.5 Å². The van der Waals surface area contributed by atoms with Crippen LogP contribution >= 0.6 is 11.3 Å². The minimum Gasteiger partial charge on any atom is -0.332 e. The fraction of sp³-hybridized carbons (Fsp3) is 0.632. The lowest BCUT2D eigenvalue weighted by Gasteiger charge is -2.37. The van der Waals surface area contributed by atoms with E-state index in [4.69, 9.17) is 0 Å². The highest BCUT2D eigenvalue weighted by Gasteiger charge is 2.40. The summed E-state index contributed by atoms with van der Waals surface area (Å²) in [5.41, 5.74) is 1.42. The molecule has 1 aromatic carbocycles. The van der Waals surface area contributed by atoms with E-state index in [9.17, 15) is 0 Å². The maximum absolute atomic E-state index is 2.49. The molecule has 0 radical (unpaired) electrons. The van der Waals surface area contributed by atoms with E-state index in [2.05, 4.69) is 35.9 Å². The molecule has 1 aliphatic heterocycles. The summed E-state index contributed by atoms with van der Waals surface area (Å²) in [6.07, 6.45) is 10.0. The van der Waals surface area contributed by atoms with Gasteiger partial charge < -0.3 is 4.90 Å². The second-order valence-electron chi connectivity index (χ2n) is 7.18. The third kappa shape index (κ3) is 2.59. The van der Waals surface area contributed by atoms with E-state index < -0.39 is 0 Å². The van der Waals surface area contributed by atoms with Gasteiger partial charge in [-0.3, -0.25) is 0 Å². The molecule has 2 aliphatic rings. The van der Waals surface area contributed by atoms with Crippen LogP contribution in [-0.2, 0) is 7.05 Å². The van der Waals surface area contributed by atoms with Crippen LogP contribution in [0.3, 0.4) is 0 Å². The van der Waals surface area contributed by atoms with Gasteiger partial charge in [-0.1, -0.05) is 29.9 Å². The Hall–Kier alpha value is -0.930. The summed E-state index contributed by atoms with van der Waals surface area (Å²) in [5.74, 6) is 0.782. The summed E-state index contributed by atoms with van der Waals surface area (Å²) in [4.78, 5) is 1.91. The number of aryl methyl sites for hydroxylation is 1. The molecule has 2 nitrogen and oxygen atoms in total. The predicted molar refractivity (Wildman–Crippen MR) is 92.5 cm³/mol. The van der Waals surface area contributed by atoms with E-state index in [0.717, 1.165) is 12.0 Å². The number of rotatable bonds is 2. The third-order valence-electron chi connectivity index (χ3n) is 5.88. The van der Waals surface area contributed by atoms with Gasteiger partial charge in [-0.05, 0) is 38.2 Å². The summed E-state index contributed by atoms with van der Waals surface area (Å²) < 4.78 is 3.95.